The number of piperazine rings is 1. The van der Waals surface area contributed by atoms with Crippen molar-refractivity contribution in [3.05, 3.63) is 59.9 Å². The quantitative estimate of drug-likeness (QED) is 0.274. The molecule has 1 saturated heterocycles. The molecule has 5 rings (SSSR count). The highest BCUT2D eigenvalue weighted by Gasteiger charge is 2.28. The lowest BCUT2D eigenvalue weighted by Gasteiger charge is -2.38. The van der Waals surface area contributed by atoms with Gasteiger partial charge in [0.2, 0.25) is 0 Å². The highest BCUT2D eigenvalue weighted by atomic mass is 35.5. The molecule has 1 aliphatic rings. The van der Waals surface area contributed by atoms with Gasteiger partial charge in [0, 0.05) is 50.4 Å². The summed E-state index contributed by atoms with van der Waals surface area (Å²) in [5.41, 5.74) is 3.99. The molecule has 1 amide bonds. The van der Waals surface area contributed by atoms with Crippen LogP contribution in [0.3, 0.4) is 0 Å². The average Bonchev–Trinajstić information content (AvgIpc) is 3.41. The number of pyridine rings is 1. The van der Waals surface area contributed by atoms with Crippen LogP contribution in [0.25, 0.3) is 22.1 Å². The zero-order chi connectivity index (χ0) is 25.9. The number of nitrogens with zero attached hydrogens (tertiary/aromatic N) is 6. The summed E-state index contributed by atoms with van der Waals surface area (Å²) in [4.78, 5) is 37.3. The van der Waals surface area contributed by atoms with E-state index in [1.807, 2.05) is 25.1 Å². The number of nitrogens with one attached hydrogen (secondary N) is 4. The highest BCUT2D eigenvalue weighted by molar-refractivity contribution is 6.42. The van der Waals surface area contributed by atoms with E-state index in [0.717, 1.165) is 22.2 Å². The molecule has 37 heavy (non-hydrogen) atoms. The van der Waals surface area contributed by atoms with E-state index in [1.165, 1.54) is 12.4 Å². The number of amides is 1. The standard InChI is InChI=1S/C25H27ClN10O/c1-15(34-24-21-23(31-13-30-21)32-14-33-24)17-12-18(26)16-4-3-6-29-20(16)22(17)35-8-10-36(11-9-35)25(37)19(27)5-7-28-2/h3-7,12-15,27-28H,8-11H2,1-2H3,(H2,30,31,32,33,34)/b7-5-,27-19?. The van der Waals surface area contributed by atoms with E-state index in [-0.39, 0.29) is 17.7 Å². The molecule has 1 aromatic carbocycles. The number of rotatable bonds is 7. The number of anilines is 2. The van der Waals surface area contributed by atoms with Gasteiger partial charge in [-0.1, -0.05) is 11.6 Å². The first-order valence-corrected chi connectivity index (χ1v) is 12.3. The number of benzene rings is 1. The monoisotopic (exact) mass is 518 g/mol. The lowest BCUT2D eigenvalue weighted by Crippen LogP contribution is -2.50. The van der Waals surface area contributed by atoms with Crippen LogP contribution in [0.5, 0.6) is 0 Å². The first-order valence-electron chi connectivity index (χ1n) is 11.9. The number of aromatic amines is 1. The highest BCUT2D eigenvalue weighted by Crippen LogP contribution is 2.39. The van der Waals surface area contributed by atoms with Crippen LogP contribution in [0.2, 0.25) is 5.02 Å². The Morgan fingerprint density at radius 3 is 2.78 bits per heavy atom. The summed E-state index contributed by atoms with van der Waals surface area (Å²) in [6.07, 6.45) is 7.89. The minimum atomic E-state index is -0.285. The van der Waals surface area contributed by atoms with Crippen molar-refractivity contribution in [3.8, 4) is 0 Å². The Hall–Kier alpha value is -4.25. The van der Waals surface area contributed by atoms with Crippen molar-refractivity contribution in [3.63, 3.8) is 0 Å². The van der Waals surface area contributed by atoms with E-state index in [4.69, 9.17) is 22.0 Å². The Kier molecular flexibility index (Phi) is 6.87. The van der Waals surface area contributed by atoms with Gasteiger partial charge in [-0.2, -0.15) is 0 Å². The second kappa shape index (κ2) is 10.4. The molecule has 1 aliphatic heterocycles. The van der Waals surface area contributed by atoms with E-state index >= 15 is 0 Å². The van der Waals surface area contributed by atoms with Gasteiger partial charge in [-0.15, -0.1) is 0 Å². The van der Waals surface area contributed by atoms with Crippen LogP contribution in [0.1, 0.15) is 18.5 Å². The molecule has 11 nitrogen and oxygen atoms in total. The summed E-state index contributed by atoms with van der Waals surface area (Å²) in [6.45, 7) is 4.22. The first-order chi connectivity index (χ1) is 18.0. The summed E-state index contributed by atoms with van der Waals surface area (Å²) < 4.78 is 0. The number of hydrogen-bond donors (Lipinski definition) is 4. The van der Waals surface area contributed by atoms with Crippen molar-refractivity contribution in [2.45, 2.75) is 13.0 Å². The molecule has 0 spiro atoms. The first kappa shape index (κ1) is 24.4. The summed E-state index contributed by atoms with van der Waals surface area (Å²) in [5.74, 6) is 0.331. The predicted octanol–water partition coefficient (Wildman–Crippen LogP) is 3.13. The van der Waals surface area contributed by atoms with Gasteiger partial charge in [-0.25, -0.2) is 15.0 Å². The van der Waals surface area contributed by atoms with Crippen LogP contribution < -0.4 is 15.5 Å². The van der Waals surface area contributed by atoms with Crippen LogP contribution in [-0.2, 0) is 4.79 Å². The molecule has 0 aliphatic carbocycles. The van der Waals surface area contributed by atoms with Crippen molar-refractivity contribution in [2.24, 2.45) is 0 Å². The number of fused-ring (bicyclic) bond motifs is 2. The van der Waals surface area contributed by atoms with Crippen LogP contribution in [0.15, 0.2) is 49.3 Å². The van der Waals surface area contributed by atoms with Crippen LogP contribution in [0.4, 0.5) is 11.5 Å². The number of aromatic nitrogens is 5. The number of carbonyl (C=O) groups excluding carboxylic acids is 1. The van der Waals surface area contributed by atoms with E-state index in [2.05, 4.69) is 35.5 Å². The summed E-state index contributed by atoms with van der Waals surface area (Å²) in [7, 11) is 1.73. The fourth-order valence-electron chi connectivity index (χ4n) is 4.56. The molecular formula is C25H27ClN10O. The fraction of sp³-hybridized carbons (Fsp3) is 0.280. The molecule has 4 heterocycles. The van der Waals surface area contributed by atoms with E-state index in [1.54, 1.807) is 30.7 Å². The molecule has 4 aromatic rings. The smallest absolute Gasteiger partial charge is 0.271 e. The minimum Gasteiger partial charge on any atom is -0.394 e. The Labute approximate surface area is 218 Å². The zero-order valence-electron chi connectivity index (χ0n) is 20.5. The van der Waals surface area contributed by atoms with Crippen molar-refractivity contribution in [1.29, 1.82) is 5.41 Å². The number of carbonyl (C=O) groups is 1. The van der Waals surface area contributed by atoms with Gasteiger partial charge in [-0.3, -0.25) is 15.2 Å². The van der Waals surface area contributed by atoms with Gasteiger partial charge in [-0.05, 0) is 37.4 Å². The topological polar surface area (TPSA) is 139 Å². The maximum Gasteiger partial charge on any atom is 0.271 e. The second-order valence-corrected chi connectivity index (χ2v) is 9.11. The lowest BCUT2D eigenvalue weighted by molar-refractivity contribution is -0.124. The van der Waals surface area contributed by atoms with Gasteiger partial charge in [0.1, 0.15) is 17.6 Å². The van der Waals surface area contributed by atoms with Crippen molar-refractivity contribution >= 4 is 56.8 Å². The third kappa shape index (κ3) is 4.77. The van der Waals surface area contributed by atoms with E-state index < -0.39 is 0 Å². The Morgan fingerprint density at radius 1 is 1.19 bits per heavy atom. The third-order valence-corrected chi connectivity index (χ3v) is 6.72. The zero-order valence-corrected chi connectivity index (χ0v) is 21.3. The molecule has 0 radical (unpaired) electrons. The van der Waals surface area contributed by atoms with Gasteiger partial charge in [0.15, 0.2) is 11.5 Å². The van der Waals surface area contributed by atoms with Crippen molar-refractivity contribution in [2.75, 3.05) is 43.4 Å². The average molecular weight is 519 g/mol. The summed E-state index contributed by atoms with van der Waals surface area (Å²) >= 11 is 6.72. The Morgan fingerprint density at radius 2 is 2.00 bits per heavy atom. The maximum atomic E-state index is 12.7. The summed E-state index contributed by atoms with van der Waals surface area (Å²) in [6, 6.07) is 5.61. The minimum absolute atomic E-state index is 0.0468. The number of imidazole rings is 1. The molecule has 1 unspecified atom stereocenters. The molecular weight excluding hydrogens is 492 g/mol. The Bertz CT molecular complexity index is 1490. The molecule has 12 heteroatoms. The SMILES string of the molecule is CN/C=C\C(=N)C(=O)N1CCN(c2c(C(C)Nc3ncnc4[nH]cnc34)cc(Cl)c3cccnc23)CC1. The molecule has 1 atom stereocenters. The summed E-state index contributed by atoms with van der Waals surface area (Å²) in [5, 5.41) is 15.8. The molecule has 1 fully saturated rings. The van der Waals surface area contributed by atoms with Crippen molar-refractivity contribution < 1.29 is 4.79 Å². The van der Waals surface area contributed by atoms with Gasteiger partial charge >= 0.3 is 0 Å². The number of H-pyrrole nitrogens is 1. The van der Waals surface area contributed by atoms with Crippen LogP contribution in [-0.4, -0.2) is 74.7 Å². The Balaban J connectivity index is 1.46. The van der Waals surface area contributed by atoms with E-state index in [0.29, 0.717) is 48.2 Å². The lowest BCUT2D eigenvalue weighted by atomic mass is 10.0. The van der Waals surface area contributed by atoms with Gasteiger partial charge < -0.3 is 25.4 Å². The molecule has 0 bridgehead atoms. The molecule has 3 aromatic heterocycles. The van der Waals surface area contributed by atoms with Crippen LogP contribution >= 0.6 is 11.6 Å². The molecule has 4 N–H and O–H groups in total. The maximum absolute atomic E-state index is 12.7. The van der Waals surface area contributed by atoms with Gasteiger partial charge in [0.05, 0.1) is 28.6 Å². The largest absolute Gasteiger partial charge is 0.394 e. The van der Waals surface area contributed by atoms with E-state index in [9.17, 15) is 4.79 Å². The molecule has 190 valence electrons. The van der Waals surface area contributed by atoms with Crippen LogP contribution in [0, 0.1) is 5.41 Å². The second-order valence-electron chi connectivity index (χ2n) is 8.70. The fourth-order valence-corrected chi connectivity index (χ4v) is 4.83. The number of halogens is 1. The molecule has 0 saturated carbocycles. The van der Waals surface area contributed by atoms with Crippen molar-refractivity contribution in [1.82, 2.24) is 35.1 Å². The normalized spacial score (nSPS) is 14.9. The van der Waals surface area contributed by atoms with Gasteiger partial charge in [0.25, 0.3) is 5.91 Å². The number of hydrogen-bond acceptors (Lipinski definition) is 9. The third-order valence-electron chi connectivity index (χ3n) is 6.41. The predicted molar refractivity (Wildman–Crippen MR) is 145 cm³/mol.